The van der Waals surface area contributed by atoms with Crippen LogP contribution in [-0.2, 0) is 6.42 Å². The molecule has 0 spiro atoms. The highest BCUT2D eigenvalue weighted by Crippen LogP contribution is 2.37. The van der Waals surface area contributed by atoms with E-state index in [2.05, 4.69) is 34.5 Å². The highest BCUT2D eigenvalue weighted by molar-refractivity contribution is 5.94. The summed E-state index contributed by atoms with van der Waals surface area (Å²) >= 11 is 0. The van der Waals surface area contributed by atoms with Gasteiger partial charge in [-0.2, -0.15) is 5.26 Å². The third-order valence-corrected chi connectivity index (χ3v) is 8.12. The first-order valence-corrected chi connectivity index (χ1v) is 13.0. The van der Waals surface area contributed by atoms with Crippen molar-refractivity contribution in [3.8, 4) is 11.8 Å². The zero-order valence-electron chi connectivity index (χ0n) is 20.0. The summed E-state index contributed by atoms with van der Waals surface area (Å²) in [7, 11) is 0. The fourth-order valence-electron chi connectivity index (χ4n) is 6.02. The standard InChI is InChI=1S/C29H35N3O2/c30-20-22-4-8-24(9-5-22)29(33)31-25-10-6-21(7-11-25)12-16-32-17-13-23(14-18-32)26-2-1-3-28-27(26)15-19-34-28/h1-5,8-9,21,23,25H,6-7,10-19H2,(H,31,33). The van der Waals surface area contributed by atoms with Crippen molar-refractivity contribution in [1.29, 1.82) is 5.26 Å². The molecule has 3 aliphatic rings. The molecule has 5 heteroatoms. The highest BCUT2D eigenvalue weighted by Gasteiger charge is 2.27. The molecule has 0 unspecified atom stereocenters. The van der Waals surface area contributed by atoms with Gasteiger partial charge < -0.3 is 15.0 Å². The molecule has 2 aromatic carbocycles. The molecule has 0 bridgehead atoms. The van der Waals surface area contributed by atoms with Gasteiger partial charge in [0.1, 0.15) is 5.75 Å². The quantitative estimate of drug-likeness (QED) is 0.659. The van der Waals surface area contributed by atoms with Crippen LogP contribution in [0.5, 0.6) is 5.75 Å². The molecule has 2 aliphatic heterocycles. The molecule has 0 radical (unpaired) electrons. The molecule has 34 heavy (non-hydrogen) atoms. The zero-order valence-corrected chi connectivity index (χ0v) is 20.0. The van der Waals surface area contributed by atoms with Crippen LogP contribution in [0, 0.1) is 17.2 Å². The van der Waals surface area contributed by atoms with Gasteiger partial charge in [0.25, 0.3) is 5.91 Å². The first-order valence-electron chi connectivity index (χ1n) is 13.0. The van der Waals surface area contributed by atoms with Crippen molar-refractivity contribution in [3.05, 3.63) is 64.7 Å². The molecule has 1 N–H and O–H groups in total. The number of carbonyl (C=O) groups is 1. The topological polar surface area (TPSA) is 65.4 Å². The molecule has 5 rings (SSSR count). The maximum Gasteiger partial charge on any atom is 0.251 e. The van der Waals surface area contributed by atoms with Crippen LogP contribution >= 0.6 is 0 Å². The van der Waals surface area contributed by atoms with Crippen LogP contribution in [0.15, 0.2) is 42.5 Å². The largest absolute Gasteiger partial charge is 0.493 e. The lowest BCUT2D eigenvalue weighted by atomic mass is 9.83. The number of ether oxygens (including phenoxy) is 1. The van der Waals surface area contributed by atoms with E-state index in [1.807, 2.05) is 0 Å². The smallest absolute Gasteiger partial charge is 0.251 e. The van der Waals surface area contributed by atoms with Crippen molar-refractivity contribution in [2.45, 2.75) is 63.3 Å². The van der Waals surface area contributed by atoms with E-state index in [1.54, 1.807) is 24.3 Å². The number of fused-ring (bicyclic) bond motifs is 1. The minimum Gasteiger partial charge on any atom is -0.493 e. The molecule has 1 aliphatic carbocycles. The summed E-state index contributed by atoms with van der Waals surface area (Å²) in [5, 5.41) is 12.1. The number of rotatable bonds is 6. The van der Waals surface area contributed by atoms with Gasteiger partial charge in [0.15, 0.2) is 0 Å². The number of benzene rings is 2. The predicted molar refractivity (Wildman–Crippen MR) is 133 cm³/mol. The van der Waals surface area contributed by atoms with Crippen LogP contribution in [0.1, 0.15) is 77.9 Å². The van der Waals surface area contributed by atoms with E-state index in [9.17, 15) is 4.79 Å². The van der Waals surface area contributed by atoms with Crippen LogP contribution in [-0.4, -0.2) is 43.1 Å². The van der Waals surface area contributed by atoms with Gasteiger partial charge in [0.2, 0.25) is 0 Å². The Hall–Kier alpha value is -2.84. The maximum absolute atomic E-state index is 12.5. The SMILES string of the molecule is N#Cc1ccc(C(=O)NC2CCC(CCN3CCC(c4cccc5c4CCO5)CC3)CC2)cc1. The van der Waals surface area contributed by atoms with Crippen molar-refractivity contribution < 1.29 is 9.53 Å². The second-order valence-corrected chi connectivity index (χ2v) is 10.2. The summed E-state index contributed by atoms with van der Waals surface area (Å²) < 4.78 is 5.77. The van der Waals surface area contributed by atoms with E-state index in [1.165, 1.54) is 62.9 Å². The summed E-state index contributed by atoms with van der Waals surface area (Å²) in [4.78, 5) is 15.2. The number of nitriles is 1. The number of carbonyl (C=O) groups excluding carboxylic acids is 1. The molecule has 2 aromatic rings. The Morgan fingerprint density at radius 3 is 2.53 bits per heavy atom. The molecule has 0 atom stereocenters. The summed E-state index contributed by atoms with van der Waals surface area (Å²) in [6, 6.07) is 15.9. The average molecular weight is 458 g/mol. The Balaban J connectivity index is 1.02. The lowest BCUT2D eigenvalue weighted by Crippen LogP contribution is -2.38. The van der Waals surface area contributed by atoms with Crippen molar-refractivity contribution in [2.75, 3.05) is 26.2 Å². The minimum atomic E-state index is -0.0218. The van der Waals surface area contributed by atoms with Crippen LogP contribution in [0.25, 0.3) is 0 Å². The van der Waals surface area contributed by atoms with Gasteiger partial charge in [-0.15, -0.1) is 0 Å². The zero-order chi connectivity index (χ0) is 23.3. The number of nitrogens with one attached hydrogen (secondary N) is 1. The second kappa shape index (κ2) is 10.6. The van der Waals surface area contributed by atoms with E-state index in [4.69, 9.17) is 10.00 Å². The third-order valence-electron chi connectivity index (χ3n) is 8.12. The highest BCUT2D eigenvalue weighted by atomic mass is 16.5. The lowest BCUT2D eigenvalue weighted by molar-refractivity contribution is 0.0919. The normalized spacial score (nSPS) is 23.0. The molecule has 1 saturated carbocycles. The Morgan fingerprint density at radius 2 is 1.79 bits per heavy atom. The van der Waals surface area contributed by atoms with Crippen LogP contribution < -0.4 is 10.1 Å². The van der Waals surface area contributed by atoms with E-state index in [0.717, 1.165) is 37.5 Å². The first kappa shape index (κ1) is 22.9. The molecule has 0 aromatic heterocycles. The van der Waals surface area contributed by atoms with Crippen molar-refractivity contribution in [1.82, 2.24) is 10.2 Å². The lowest BCUT2D eigenvalue weighted by Gasteiger charge is -2.35. The fourth-order valence-corrected chi connectivity index (χ4v) is 6.02. The Kier molecular flexibility index (Phi) is 7.16. The number of nitrogens with zero attached hydrogens (tertiary/aromatic N) is 2. The van der Waals surface area contributed by atoms with Crippen LogP contribution in [0.4, 0.5) is 0 Å². The van der Waals surface area contributed by atoms with Gasteiger partial charge in [-0.05, 0) is 112 Å². The van der Waals surface area contributed by atoms with Crippen molar-refractivity contribution in [2.24, 2.45) is 5.92 Å². The van der Waals surface area contributed by atoms with Gasteiger partial charge in [0.05, 0.1) is 18.2 Å². The summed E-state index contributed by atoms with van der Waals surface area (Å²) in [6.45, 7) is 4.44. The molecule has 2 fully saturated rings. The third kappa shape index (κ3) is 5.28. The van der Waals surface area contributed by atoms with Crippen LogP contribution in [0.3, 0.4) is 0 Å². The number of hydrogen-bond donors (Lipinski definition) is 1. The summed E-state index contributed by atoms with van der Waals surface area (Å²) in [5.41, 5.74) is 4.22. The minimum absolute atomic E-state index is 0.0218. The van der Waals surface area contributed by atoms with E-state index >= 15 is 0 Å². The van der Waals surface area contributed by atoms with Gasteiger partial charge >= 0.3 is 0 Å². The molecule has 1 amide bonds. The Bertz CT molecular complexity index is 1030. The molecule has 1 saturated heterocycles. The van der Waals surface area contributed by atoms with Crippen molar-refractivity contribution in [3.63, 3.8) is 0 Å². The maximum atomic E-state index is 12.5. The number of amides is 1. The Labute approximate surface area is 203 Å². The fraction of sp³-hybridized carbons (Fsp3) is 0.517. The van der Waals surface area contributed by atoms with Gasteiger partial charge in [0, 0.05) is 23.6 Å². The monoisotopic (exact) mass is 457 g/mol. The van der Waals surface area contributed by atoms with Gasteiger partial charge in [-0.3, -0.25) is 4.79 Å². The number of piperidine rings is 1. The second-order valence-electron chi connectivity index (χ2n) is 10.2. The number of hydrogen-bond acceptors (Lipinski definition) is 4. The van der Waals surface area contributed by atoms with E-state index in [0.29, 0.717) is 17.0 Å². The van der Waals surface area contributed by atoms with Crippen LogP contribution in [0.2, 0.25) is 0 Å². The summed E-state index contributed by atoms with van der Waals surface area (Å²) in [6.07, 6.45) is 9.38. The predicted octanol–water partition coefficient (Wildman–Crippen LogP) is 5.05. The molecule has 5 nitrogen and oxygen atoms in total. The molecule has 178 valence electrons. The average Bonchev–Trinajstić information content (AvgIpc) is 3.38. The molecular weight excluding hydrogens is 422 g/mol. The van der Waals surface area contributed by atoms with Gasteiger partial charge in [-0.25, -0.2) is 0 Å². The van der Waals surface area contributed by atoms with E-state index in [-0.39, 0.29) is 11.9 Å². The van der Waals surface area contributed by atoms with Gasteiger partial charge in [-0.1, -0.05) is 12.1 Å². The first-order chi connectivity index (χ1) is 16.7. The number of likely N-dealkylation sites (tertiary alicyclic amines) is 1. The summed E-state index contributed by atoms with van der Waals surface area (Å²) in [5.74, 6) is 2.55. The Morgan fingerprint density at radius 1 is 1.03 bits per heavy atom. The molecular formula is C29H35N3O2. The molecule has 2 heterocycles. The van der Waals surface area contributed by atoms with Crippen molar-refractivity contribution >= 4 is 5.91 Å². The van der Waals surface area contributed by atoms with E-state index < -0.39 is 0 Å².